The van der Waals surface area contributed by atoms with Gasteiger partial charge in [-0.2, -0.15) is 5.10 Å². The van der Waals surface area contributed by atoms with Crippen LogP contribution in [0.15, 0.2) is 43.2 Å². The van der Waals surface area contributed by atoms with Crippen LogP contribution in [0.1, 0.15) is 30.7 Å². The average Bonchev–Trinajstić information content (AvgIpc) is 3.30. The number of aromatic nitrogens is 5. The highest BCUT2D eigenvalue weighted by atomic mass is 16.2. The molecule has 4 heterocycles. The van der Waals surface area contributed by atoms with Gasteiger partial charge in [-0.05, 0) is 23.5 Å². The molecule has 0 radical (unpaired) electrons. The van der Waals surface area contributed by atoms with Gasteiger partial charge in [0.1, 0.15) is 12.1 Å². The fraction of sp³-hybridized carbons (Fsp3) is 0.368. The molecular formula is C19H23N7O. The maximum atomic E-state index is 12.7. The van der Waals surface area contributed by atoms with E-state index in [1.807, 2.05) is 34.0 Å². The highest BCUT2D eigenvalue weighted by Gasteiger charge is 2.31. The number of aromatic amines is 1. The fourth-order valence-electron chi connectivity index (χ4n) is 3.44. The summed E-state index contributed by atoms with van der Waals surface area (Å²) in [6.07, 6.45) is 9.73. The van der Waals surface area contributed by atoms with Gasteiger partial charge >= 0.3 is 6.03 Å². The van der Waals surface area contributed by atoms with Gasteiger partial charge in [0, 0.05) is 42.9 Å². The van der Waals surface area contributed by atoms with E-state index in [-0.39, 0.29) is 11.4 Å². The molecule has 0 bridgehead atoms. The minimum absolute atomic E-state index is 0.0108. The van der Waals surface area contributed by atoms with Crippen molar-refractivity contribution >= 4 is 6.03 Å². The van der Waals surface area contributed by atoms with Crippen LogP contribution < -0.4 is 5.32 Å². The fourth-order valence-corrected chi connectivity index (χ4v) is 3.44. The van der Waals surface area contributed by atoms with Crippen LogP contribution in [0.5, 0.6) is 0 Å². The van der Waals surface area contributed by atoms with E-state index < -0.39 is 0 Å². The number of urea groups is 1. The Morgan fingerprint density at radius 3 is 2.96 bits per heavy atom. The predicted molar refractivity (Wildman–Crippen MR) is 100 cm³/mol. The third-order valence-electron chi connectivity index (χ3n) is 4.75. The van der Waals surface area contributed by atoms with Gasteiger partial charge in [0.25, 0.3) is 0 Å². The third kappa shape index (κ3) is 3.84. The first kappa shape index (κ1) is 17.3. The largest absolute Gasteiger partial charge is 0.334 e. The molecule has 4 rings (SSSR count). The van der Waals surface area contributed by atoms with Crippen molar-refractivity contribution in [3.8, 4) is 5.82 Å². The van der Waals surface area contributed by atoms with Crippen molar-refractivity contribution in [3.05, 3.63) is 60.1 Å². The second-order valence-electron chi connectivity index (χ2n) is 7.72. The van der Waals surface area contributed by atoms with Gasteiger partial charge in [-0.3, -0.25) is 9.67 Å². The first-order chi connectivity index (χ1) is 13.0. The smallest absolute Gasteiger partial charge is 0.317 e. The monoisotopic (exact) mass is 365 g/mol. The summed E-state index contributed by atoms with van der Waals surface area (Å²) in [6.45, 7) is 6.03. The number of nitrogens with zero attached hydrogens (tertiary/aromatic N) is 5. The van der Waals surface area contributed by atoms with E-state index in [1.165, 1.54) is 0 Å². The van der Waals surface area contributed by atoms with Gasteiger partial charge < -0.3 is 10.2 Å². The second kappa shape index (κ2) is 6.86. The molecule has 2 N–H and O–H groups in total. The summed E-state index contributed by atoms with van der Waals surface area (Å²) in [6, 6.07) is 3.80. The van der Waals surface area contributed by atoms with Crippen LogP contribution >= 0.6 is 0 Å². The topological polar surface area (TPSA) is 91.7 Å². The van der Waals surface area contributed by atoms with Gasteiger partial charge in [-0.15, -0.1) is 0 Å². The molecule has 0 aromatic carbocycles. The van der Waals surface area contributed by atoms with Gasteiger partial charge in [0.15, 0.2) is 0 Å². The number of hydrogen-bond acceptors (Lipinski definition) is 4. The zero-order valence-electron chi connectivity index (χ0n) is 15.5. The lowest BCUT2D eigenvalue weighted by molar-refractivity contribution is 0.168. The number of amides is 2. The highest BCUT2D eigenvalue weighted by molar-refractivity contribution is 5.74. The van der Waals surface area contributed by atoms with E-state index in [1.54, 1.807) is 18.7 Å². The van der Waals surface area contributed by atoms with Gasteiger partial charge in [0.2, 0.25) is 0 Å². The maximum absolute atomic E-state index is 12.7. The van der Waals surface area contributed by atoms with E-state index in [0.29, 0.717) is 19.6 Å². The Balaban J connectivity index is 1.40. The summed E-state index contributed by atoms with van der Waals surface area (Å²) in [5, 5.41) is 10.2. The second-order valence-corrected chi connectivity index (χ2v) is 7.72. The molecule has 8 heteroatoms. The molecule has 8 nitrogen and oxygen atoms in total. The van der Waals surface area contributed by atoms with Crippen molar-refractivity contribution in [1.29, 1.82) is 0 Å². The Hall–Kier alpha value is -3.16. The molecule has 0 fully saturated rings. The molecule has 3 aromatic rings. The summed E-state index contributed by atoms with van der Waals surface area (Å²) in [7, 11) is 0. The van der Waals surface area contributed by atoms with E-state index in [4.69, 9.17) is 0 Å². The lowest BCUT2D eigenvalue weighted by atomic mass is 9.88. The number of carbonyl (C=O) groups is 1. The molecule has 0 saturated carbocycles. The number of hydrogen-bond donors (Lipinski definition) is 2. The molecule has 1 aliphatic rings. The van der Waals surface area contributed by atoms with Crippen molar-refractivity contribution in [3.63, 3.8) is 0 Å². The van der Waals surface area contributed by atoms with Crippen molar-refractivity contribution in [1.82, 2.24) is 34.9 Å². The van der Waals surface area contributed by atoms with Gasteiger partial charge in [0.05, 0.1) is 12.7 Å². The standard InChI is InChI=1S/C19H23N7O/c1-19(2)7-16-15(10-23-24-16)11-26(12-19)18(27)22-9-14-3-4-17(21-8-14)25-6-5-20-13-25/h3-6,8,10,13H,7,9,11-12H2,1-2H3,(H,22,27)(H,23,24). The summed E-state index contributed by atoms with van der Waals surface area (Å²) in [5.74, 6) is 0.796. The van der Waals surface area contributed by atoms with Crippen LogP contribution in [0.2, 0.25) is 0 Å². The van der Waals surface area contributed by atoms with Crippen molar-refractivity contribution in [2.24, 2.45) is 5.41 Å². The third-order valence-corrected chi connectivity index (χ3v) is 4.75. The first-order valence-electron chi connectivity index (χ1n) is 8.97. The number of nitrogens with one attached hydrogen (secondary N) is 2. The maximum Gasteiger partial charge on any atom is 0.317 e. The molecule has 0 unspecified atom stereocenters. The van der Waals surface area contributed by atoms with Crippen molar-refractivity contribution in [2.75, 3.05) is 6.54 Å². The summed E-state index contributed by atoms with van der Waals surface area (Å²) < 4.78 is 1.84. The Morgan fingerprint density at radius 2 is 2.22 bits per heavy atom. The zero-order valence-corrected chi connectivity index (χ0v) is 15.5. The molecule has 3 aromatic heterocycles. The van der Waals surface area contributed by atoms with Crippen LogP contribution in [0.3, 0.4) is 0 Å². The summed E-state index contributed by atoms with van der Waals surface area (Å²) >= 11 is 0. The summed E-state index contributed by atoms with van der Waals surface area (Å²) in [5.41, 5.74) is 3.14. The number of carbonyl (C=O) groups excluding carboxylic acids is 1. The van der Waals surface area contributed by atoms with Crippen LogP contribution in [0, 0.1) is 5.41 Å². The quantitative estimate of drug-likeness (QED) is 0.745. The SMILES string of the molecule is CC1(C)Cc2[nH]ncc2CN(C(=O)NCc2ccc(-n3ccnc3)nc2)C1. The lowest BCUT2D eigenvalue weighted by Crippen LogP contribution is -2.43. The number of rotatable bonds is 3. The van der Waals surface area contributed by atoms with E-state index in [9.17, 15) is 4.79 Å². The van der Waals surface area contributed by atoms with Crippen LogP contribution in [0.25, 0.3) is 5.82 Å². The van der Waals surface area contributed by atoms with E-state index >= 15 is 0 Å². The van der Waals surface area contributed by atoms with E-state index in [0.717, 1.165) is 29.1 Å². The molecule has 1 aliphatic heterocycles. The lowest BCUT2D eigenvalue weighted by Gasteiger charge is -2.29. The van der Waals surface area contributed by atoms with Crippen LogP contribution in [-0.2, 0) is 19.5 Å². The number of pyridine rings is 1. The Kier molecular flexibility index (Phi) is 4.39. The molecule has 140 valence electrons. The Bertz CT molecular complexity index is 912. The molecular weight excluding hydrogens is 342 g/mol. The molecule has 2 amide bonds. The van der Waals surface area contributed by atoms with Crippen LogP contribution in [0.4, 0.5) is 4.79 Å². The van der Waals surface area contributed by atoms with Crippen LogP contribution in [-0.4, -0.2) is 42.2 Å². The zero-order chi connectivity index (χ0) is 18.9. The van der Waals surface area contributed by atoms with E-state index in [2.05, 4.69) is 39.3 Å². The molecule has 0 spiro atoms. The molecule has 0 atom stereocenters. The molecule has 0 aliphatic carbocycles. The number of imidazole rings is 1. The molecule has 27 heavy (non-hydrogen) atoms. The van der Waals surface area contributed by atoms with Crippen molar-refractivity contribution in [2.45, 2.75) is 33.4 Å². The first-order valence-corrected chi connectivity index (χ1v) is 8.97. The predicted octanol–water partition coefficient (Wildman–Crippen LogP) is 2.28. The minimum atomic E-state index is -0.0733. The average molecular weight is 365 g/mol. The number of fused-ring (bicyclic) bond motifs is 1. The van der Waals surface area contributed by atoms with Crippen molar-refractivity contribution < 1.29 is 4.79 Å². The minimum Gasteiger partial charge on any atom is -0.334 e. The van der Waals surface area contributed by atoms with Gasteiger partial charge in [-0.1, -0.05) is 19.9 Å². The Morgan fingerprint density at radius 1 is 1.33 bits per heavy atom. The normalized spacial score (nSPS) is 15.9. The van der Waals surface area contributed by atoms with Gasteiger partial charge in [-0.25, -0.2) is 14.8 Å². The highest BCUT2D eigenvalue weighted by Crippen LogP contribution is 2.28. The molecule has 0 saturated heterocycles. The number of H-pyrrole nitrogens is 1. The summed E-state index contributed by atoms with van der Waals surface area (Å²) in [4.78, 5) is 23.0. The Labute approximate surface area is 157 Å².